The van der Waals surface area contributed by atoms with Crippen molar-refractivity contribution in [1.29, 1.82) is 5.26 Å². The van der Waals surface area contributed by atoms with E-state index in [2.05, 4.69) is 76.5 Å². The van der Waals surface area contributed by atoms with Crippen molar-refractivity contribution in [2.75, 3.05) is 0 Å². The standard InChI is InChI=1S/C23H35NO2Si3/c1-8-27(2,3)25-29(6,7)26-28(4,5)18-17-20-9-13-22(14-10-20)23-15-11-21(19-24)12-16-23/h9-16H,8,17-18H2,1-7H3. The van der Waals surface area contributed by atoms with Crippen LogP contribution in [0.25, 0.3) is 11.1 Å². The number of benzene rings is 2. The molecule has 0 aromatic heterocycles. The fraction of sp³-hybridized carbons (Fsp3) is 0.435. The van der Waals surface area contributed by atoms with Crippen LogP contribution in [0.4, 0.5) is 0 Å². The lowest BCUT2D eigenvalue weighted by molar-refractivity contribution is 0.389. The van der Waals surface area contributed by atoms with E-state index in [-0.39, 0.29) is 0 Å². The molecule has 0 aliphatic rings. The first-order valence-electron chi connectivity index (χ1n) is 10.5. The van der Waals surface area contributed by atoms with Gasteiger partial charge in [0, 0.05) is 0 Å². The highest BCUT2D eigenvalue weighted by molar-refractivity contribution is 6.87. The highest BCUT2D eigenvalue weighted by Crippen LogP contribution is 2.26. The molecule has 0 saturated heterocycles. The minimum Gasteiger partial charge on any atom is -0.437 e. The summed E-state index contributed by atoms with van der Waals surface area (Å²) in [5.41, 5.74) is 4.36. The summed E-state index contributed by atoms with van der Waals surface area (Å²) in [5, 5.41) is 8.94. The Bertz CT molecular complexity index is 838. The van der Waals surface area contributed by atoms with E-state index < -0.39 is 25.2 Å². The maximum atomic E-state index is 8.94. The number of nitrogens with zero attached hydrogens (tertiary/aromatic N) is 1. The van der Waals surface area contributed by atoms with Crippen molar-refractivity contribution in [3.05, 3.63) is 59.7 Å². The molecule has 0 bridgehead atoms. The van der Waals surface area contributed by atoms with Crippen molar-refractivity contribution in [3.63, 3.8) is 0 Å². The van der Waals surface area contributed by atoms with Crippen LogP contribution in [-0.2, 0) is 14.7 Å². The lowest BCUT2D eigenvalue weighted by Gasteiger charge is -2.38. The molecule has 3 nitrogen and oxygen atoms in total. The highest BCUT2D eigenvalue weighted by atomic mass is 28.5. The molecule has 29 heavy (non-hydrogen) atoms. The molecule has 0 unspecified atom stereocenters. The first-order chi connectivity index (χ1) is 13.5. The Balaban J connectivity index is 1.96. The maximum absolute atomic E-state index is 8.94. The molecule has 156 valence electrons. The molecule has 0 fully saturated rings. The van der Waals surface area contributed by atoms with Crippen LogP contribution in [0.2, 0.25) is 51.4 Å². The first kappa shape index (κ1) is 23.8. The predicted molar refractivity (Wildman–Crippen MR) is 130 cm³/mol. The topological polar surface area (TPSA) is 42.2 Å². The summed E-state index contributed by atoms with van der Waals surface area (Å²) < 4.78 is 13.2. The van der Waals surface area contributed by atoms with Crippen molar-refractivity contribution in [3.8, 4) is 17.2 Å². The van der Waals surface area contributed by atoms with Gasteiger partial charge in [-0.15, -0.1) is 0 Å². The summed E-state index contributed by atoms with van der Waals surface area (Å²) in [6, 6.07) is 20.9. The zero-order valence-electron chi connectivity index (χ0n) is 19.0. The van der Waals surface area contributed by atoms with Gasteiger partial charge in [-0.05, 0) is 86.6 Å². The van der Waals surface area contributed by atoms with Gasteiger partial charge in [0.15, 0.2) is 16.6 Å². The van der Waals surface area contributed by atoms with Crippen molar-refractivity contribution >= 4 is 25.2 Å². The molecule has 2 aromatic rings. The second kappa shape index (κ2) is 9.54. The van der Waals surface area contributed by atoms with E-state index in [0.717, 1.165) is 24.1 Å². The summed E-state index contributed by atoms with van der Waals surface area (Å²) in [6.07, 6.45) is 1.03. The van der Waals surface area contributed by atoms with Crippen molar-refractivity contribution in [1.82, 2.24) is 0 Å². The van der Waals surface area contributed by atoms with Crippen LogP contribution < -0.4 is 0 Å². The molecule has 0 N–H and O–H groups in total. The van der Waals surface area contributed by atoms with Crippen molar-refractivity contribution < 1.29 is 8.23 Å². The van der Waals surface area contributed by atoms with E-state index in [4.69, 9.17) is 13.5 Å². The molecule has 6 heteroatoms. The largest absolute Gasteiger partial charge is 0.437 e. The van der Waals surface area contributed by atoms with Gasteiger partial charge in [-0.3, -0.25) is 0 Å². The SMILES string of the molecule is CC[Si](C)(C)O[Si](C)(C)O[Si](C)(C)CCc1ccc(-c2ccc(C#N)cc2)cc1. The third-order valence-corrected chi connectivity index (χ3v) is 16.7. The van der Waals surface area contributed by atoms with Gasteiger partial charge in [0.2, 0.25) is 0 Å². The van der Waals surface area contributed by atoms with Gasteiger partial charge >= 0.3 is 8.56 Å². The van der Waals surface area contributed by atoms with Crippen LogP contribution in [0.5, 0.6) is 0 Å². The molecule has 0 spiro atoms. The van der Waals surface area contributed by atoms with Crippen LogP contribution in [0.1, 0.15) is 18.1 Å². The maximum Gasteiger partial charge on any atom is 0.311 e. The minimum atomic E-state index is -2.09. The first-order valence-corrected chi connectivity index (χ1v) is 19.5. The lowest BCUT2D eigenvalue weighted by atomic mass is 10.0. The summed E-state index contributed by atoms with van der Waals surface area (Å²) >= 11 is 0. The molecule has 0 amide bonds. The molecule has 0 radical (unpaired) electrons. The molecule has 0 aliphatic heterocycles. The third-order valence-electron chi connectivity index (χ3n) is 5.21. The Labute approximate surface area is 180 Å². The third kappa shape index (κ3) is 7.68. The fourth-order valence-electron chi connectivity index (χ4n) is 3.52. The monoisotopic (exact) mass is 441 g/mol. The minimum absolute atomic E-state index is 0.693. The Morgan fingerprint density at radius 2 is 1.24 bits per heavy atom. The lowest BCUT2D eigenvalue weighted by Crippen LogP contribution is -2.52. The van der Waals surface area contributed by atoms with Gasteiger partial charge in [-0.2, -0.15) is 5.26 Å². The van der Waals surface area contributed by atoms with Crippen LogP contribution in [0.3, 0.4) is 0 Å². The zero-order chi connectivity index (χ0) is 21.7. The summed E-state index contributed by atoms with van der Waals surface area (Å²) in [7, 11) is -5.49. The Morgan fingerprint density at radius 1 is 0.759 bits per heavy atom. The second-order valence-corrected chi connectivity index (χ2v) is 22.0. The fourth-order valence-corrected chi connectivity index (χ4v) is 16.6. The van der Waals surface area contributed by atoms with Crippen LogP contribution in [0.15, 0.2) is 48.5 Å². The van der Waals surface area contributed by atoms with Crippen molar-refractivity contribution in [2.24, 2.45) is 0 Å². The van der Waals surface area contributed by atoms with Gasteiger partial charge in [-0.25, -0.2) is 0 Å². The van der Waals surface area contributed by atoms with Gasteiger partial charge in [0.25, 0.3) is 0 Å². The molecule has 0 aliphatic carbocycles. The summed E-state index contributed by atoms with van der Waals surface area (Å²) in [4.78, 5) is 0. The van der Waals surface area contributed by atoms with Gasteiger partial charge < -0.3 is 8.23 Å². The number of hydrogen-bond donors (Lipinski definition) is 0. The smallest absolute Gasteiger partial charge is 0.311 e. The normalized spacial score (nSPS) is 12.6. The van der Waals surface area contributed by atoms with E-state index in [0.29, 0.717) is 5.56 Å². The van der Waals surface area contributed by atoms with E-state index in [9.17, 15) is 0 Å². The Hall–Kier alpha value is -1.50. The highest BCUT2D eigenvalue weighted by Gasteiger charge is 2.38. The van der Waals surface area contributed by atoms with Crippen molar-refractivity contribution in [2.45, 2.75) is 64.7 Å². The Kier molecular flexibility index (Phi) is 7.82. The molecule has 0 heterocycles. The van der Waals surface area contributed by atoms with E-state index >= 15 is 0 Å². The number of rotatable bonds is 9. The average molecular weight is 442 g/mol. The Morgan fingerprint density at radius 3 is 1.72 bits per heavy atom. The molecule has 0 atom stereocenters. The van der Waals surface area contributed by atoms with Crippen LogP contribution >= 0.6 is 0 Å². The number of aryl methyl sites for hydroxylation is 1. The van der Waals surface area contributed by atoms with Gasteiger partial charge in [0.05, 0.1) is 11.6 Å². The zero-order valence-corrected chi connectivity index (χ0v) is 22.0. The molecule has 0 saturated carbocycles. The summed E-state index contributed by atoms with van der Waals surface area (Å²) in [6.45, 7) is 15.8. The van der Waals surface area contributed by atoms with E-state index in [1.807, 2.05) is 24.3 Å². The number of hydrogen-bond acceptors (Lipinski definition) is 3. The molecular formula is C23H35NO2Si3. The predicted octanol–water partition coefficient (Wildman–Crippen LogP) is 6.93. The molecule has 2 aromatic carbocycles. The van der Waals surface area contributed by atoms with E-state index in [1.54, 1.807) is 0 Å². The second-order valence-electron chi connectivity index (χ2n) is 9.36. The number of nitriles is 1. The summed E-state index contributed by atoms with van der Waals surface area (Å²) in [5.74, 6) is 0. The molecular weight excluding hydrogens is 407 g/mol. The van der Waals surface area contributed by atoms with Gasteiger partial charge in [0.1, 0.15) is 0 Å². The quantitative estimate of drug-likeness (QED) is 0.396. The average Bonchev–Trinajstić information content (AvgIpc) is 2.65. The van der Waals surface area contributed by atoms with Gasteiger partial charge in [-0.1, -0.05) is 43.3 Å². The molecule has 2 rings (SSSR count). The van der Waals surface area contributed by atoms with Crippen LogP contribution in [-0.4, -0.2) is 25.2 Å². The van der Waals surface area contributed by atoms with Crippen LogP contribution in [0, 0.1) is 11.3 Å². The van der Waals surface area contributed by atoms with E-state index in [1.165, 1.54) is 11.1 Å².